The highest BCUT2D eigenvalue weighted by Gasteiger charge is 2.36. The largest absolute Gasteiger partial charge is 0.337 e. The van der Waals surface area contributed by atoms with Gasteiger partial charge in [-0.15, -0.1) is 0 Å². The van der Waals surface area contributed by atoms with Crippen molar-refractivity contribution in [2.24, 2.45) is 0 Å². The molecule has 1 aliphatic heterocycles. The van der Waals surface area contributed by atoms with E-state index in [0.717, 1.165) is 21.6 Å². The second kappa shape index (κ2) is 6.64. The number of rotatable bonds is 3. The maximum absolute atomic E-state index is 12.9. The first-order valence-corrected chi connectivity index (χ1v) is 8.56. The zero-order valence-corrected chi connectivity index (χ0v) is 14.9. The first-order chi connectivity index (χ1) is 13.0. The molecule has 0 saturated heterocycles. The van der Waals surface area contributed by atoms with Crippen LogP contribution in [0.25, 0.3) is 11.1 Å². The lowest BCUT2D eigenvalue weighted by Gasteiger charge is -2.20. The summed E-state index contributed by atoms with van der Waals surface area (Å²) in [6.45, 7) is 3.73. The maximum Gasteiger partial charge on any atom is 0.261 e. The molecule has 27 heavy (non-hydrogen) atoms. The molecule has 0 bridgehead atoms. The topological polar surface area (TPSA) is 76.3 Å². The van der Waals surface area contributed by atoms with E-state index in [1.807, 2.05) is 43.3 Å². The van der Waals surface area contributed by atoms with Crippen molar-refractivity contribution in [3.8, 4) is 11.1 Å². The molecule has 134 valence electrons. The molecule has 0 spiro atoms. The molecule has 2 heterocycles. The van der Waals surface area contributed by atoms with Crippen molar-refractivity contribution in [1.82, 2.24) is 15.0 Å². The Balaban J connectivity index is 1.62. The van der Waals surface area contributed by atoms with Gasteiger partial charge < -0.3 is 4.52 Å². The summed E-state index contributed by atoms with van der Waals surface area (Å²) in [7, 11) is 0. The van der Waals surface area contributed by atoms with E-state index in [0.29, 0.717) is 11.4 Å². The number of benzene rings is 2. The number of imide groups is 1. The van der Waals surface area contributed by atoms with Crippen molar-refractivity contribution in [2.45, 2.75) is 19.9 Å². The van der Waals surface area contributed by atoms with E-state index in [-0.39, 0.29) is 5.89 Å². The molecular weight excluding hydrogens is 342 g/mol. The highest BCUT2D eigenvalue weighted by molar-refractivity contribution is 6.10. The Morgan fingerprint density at radius 3 is 2.48 bits per heavy atom. The van der Waals surface area contributed by atoms with Gasteiger partial charge in [0.1, 0.15) is 6.04 Å². The lowest BCUT2D eigenvalue weighted by molar-refractivity contribution is -0.123. The summed E-state index contributed by atoms with van der Waals surface area (Å²) < 4.78 is 5.14. The predicted octanol–water partition coefficient (Wildman–Crippen LogP) is 3.63. The molecule has 1 atom stereocenters. The van der Waals surface area contributed by atoms with Crippen LogP contribution in [0.15, 0.2) is 65.2 Å². The van der Waals surface area contributed by atoms with Crippen LogP contribution in [0, 0.1) is 13.8 Å². The zero-order chi connectivity index (χ0) is 19.0. The van der Waals surface area contributed by atoms with Crippen LogP contribution < -0.4 is 0 Å². The van der Waals surface area contributed by atoms with Crippen LogP contribution in [0.4, 0.5) is 0 Å². The number of carbonyl (C=O) groups excluding carboxylic acids is 2. The Labute approximate surface area is 156 Å². The Bertz CT molecular complexity index is 1050. The molecule has 6 nitrogen and oxygen atoms in total. The van der Waals surface area contributed by atoms with E-state index in [9.17, 15) is 9.59 Å². The van der Waals surface area contributed by atoms with Gasteiger partial charge in [0.15, 0.2) is 5.82 Å². The van der Waals surface area contributed by atoms with Crippen LogP contribution in [0.3, 0.4) is 0 Å². The normalized spacial score (nSPS) is 16.1. The Morgan fingerprint density at radius 1 is 1.07 bits per heavy atom. The summed E-state index contributed by atoms with van der Waals surface area (Å²) >= 11 is 0. The quantitative estimate of drug-likeness (QED) is 0.668. The number of nitrogens with zero attached hydrogens (tertiary/aromatic N) is 3. The smallest absolute Gasteiger partial charge is 0.261 e. The van der Waals surface area contributed by atoms with Gasteiger partial charge in [-0.2, -0.15) is 4.98 Å². The third-order valence-corrected chi connectivity index (χ3v) is 4.54. The molecule has 0 saturated carbocycles. The van der Waals surface area contributed by atoms with E-state index >= 15 is 0 Å². The number of aryl methyl sites for hydroxylation is 2. The van der Waals surface area contributed by atoms with Gasteiger partial charge in [-0.05, 0) is 48.7 Å². The van der Waals surface area contributed by atoms with Gasteiger partial charge in [0.05, 0.1) is 0 Å². The average Bonchev–Trinajstić information content (AvgIpc) is 3.27. The predicted molar refractivity (Wildman–Crippen MR) is 98.7 cm³/mol. The summed E-state index contributed by atoms with van der Waals surface area (Å²) in [6, 6.07) is 14.6. The van der Waals surface area contributed by atoms with Crippen LogP contribution >= 0.6 is 0 Å². The van der Waals surface area contributed by atoms with Gasteiger partial charge in [-0.1, -0.05) is 41.6 Å². The summed E-state index contributed by atoms with van der Waals surface area (Å²) in [5.41, 5.74) is 3.70. The fraction of sp³-hybridized carbons (Fsp3) is 0.143. The van der Waals surface area contributed by atoms with Gasteiger partial charge in [0, 0.05) is 11.6 Å². The van der Waals surface area contributed by atoms with Crippen LogP contribution in [-0.2, 0) is 4.79 Å². The number of hydrogen-bond acceptors (Lipinski definition) is 5. The van der Waals surface area contributed by atoms with Crippen molar-refractivity contribution in [1.29, 1.82) is 0 Å². The lowest BCUT2D eigenvalue weighted by Crippen LogP contribution is -2.35. The standard InChI is InChI=1S/C21H17N3O3/c1-13-5-3-4-6-17(13)15-7-9-16(10-8-15)21(26)24-18(11-12-19(24)25)20-22-14(2)23-27-20/h3-12,18H,1-2H3/t18-/m0/s1. The minimum atomic E-state index is -0.678. The molecule has 0 unspecified atom stereocenters. The molecule has 1 aliphatic rings. The fourth-order valence-corrected chi connectivity index (χ4v) is 3.16. The molecule has 0 radical (unpaired) electrons. The minimum Gasteiger partial charge on any atom is -0.337 e. The number of carbonyl (C=O) groups is 2. The Kier molecular flexibility index (Phi) is 4.16. The second-order valence-electron chi connectivity index (χ2n) is 6.39. The van der Waals surface area contributed by atoms with Crippen molar-refractivity contribution < 1.29 is 14.1 Å². The molecule has 0 N–H and O–H groups in total. The van der Waals surface area contributed by atoms with E-state index in [2.05, 4.69) is 10.1 Å². The van der Waals surface area contributed by atoms with Crippen molar-refractivity contribution in [3.63, 3.8) is 0 Å². The third kappa shape index (κ3) is 3.06. The minimum absolute atomic E-state index is 0.222. The van der Waals surface area contributed by atoms with Gasteiger partial charge in [0.25, 0.3) is 17.7 Å². The summed E-state index contributed by atoms with van der Waals surface area (Å²) in [6.07, 6.45) is 2.94. The second-order valence-corrected chi connectivity index (χ2v) is 6.39. The van der Waals surface area contributed by atoms with Crippen LogP contribution in [0.2, 0.25) is 0 Å². The molecule has 0 aliphatic carbocycles. The monoisotopic (exact) mass is 359 g/mol. The van der Waals surface area contributed by atoms with Crippen LogP contribution in [-0.4, -0.2) is 26.9 Å². The number of amides is 2. The Morgan fingerprint density at radius 2 is 1.81 bits per heavy atom. The zero-order valence-electron chi connectivity index (χ0n) is 14.9. The van der Waals surface area contributed by atoms with Crippen molar-refractivity contribution in [3.05, 3.63) is 83.5 Å². The highest BCUT2D eigenvalue weighted by Crippen LogP contribution is 2.29. The molecule has 2 amide bonds. The summed E-state index contributed by atoms with van der Waals surface area (Å²) in [4.78, 5) is 30.5. The Hall–Kier alpha value is -3.54. The van der Waals surface area contributed by atoms with E-state index in [4.69, 9.17) is 4.52 Å². The maximum atomic E-state index is 12.9. The molecule has 6 heteroatoms. The molecule has 1 aromatic heterocycles. The van der Waals surface area contributed by atoms with Crippen LogP contribution in [0.1, 0.15) is 33.7 Å². The third-order valence-electron chi connectivity index (χ3n) is 4.54. The first kappa shape index (κ1) is 16.9. The fourth-order valence-electron chi connectivity index (χ4n) is 3.16. The van der Waals surface area contributed by atoms with E-state index < -0.39 is 17.9 Å². The van der Waals surface area contributed by atoms with Gasteiger partial charge in [0.2, 0.25) is 0 Å². The van der Waals surface area contributed by atoms with Crippen molar-refractivity contribution in [2.75, 3.05) is 0 Å². The van der Waals surface area contributed by atoms with E-state index in [1.165, 1.54) is 6.08 Å². The lowest BCUT2D eigenvalue weighted by atomic mass is 9.99. The van der Waals surface area contributed by atoms with Crippen molar-refractivity contribution >= 4 is 11.8 Å². The SMILES string of the molecule is Cc1noc([C@@H]2C=CC(=O)N2C(=O)c2ccc(-c3ccccc3C)cc2)n1. The van der Waals surface area contributed by atoms with Crippen LogP contribution in [0.5, 0.6) is 0 Å². The van der Waals surface area contributed by atoms with E-state index in [1.54, 1.807) is 25.1 Å². The van der Waals surface area contributed by atoms with Gasteiger partial charge in [-0.3, -0.25) is 14.5 Å². The molecule has 0 fully saturated rings. The van der Waals surface area contributed by atoms with Gasteiger partial charge in [-0.25, -0.2) is 0 Å². The average molecular weight is 359 g/mol. The first-order valence-electron chi connectivity index (χ1n) is 8.56. The molecule has 2 aromatic carbocycles. The summed E-state index contributed by atoms with van der Waals surface area (Å²) in [5, 5.41) is 3.74. The molecule has 3 aromatic rings. The molecule has 4 rings (SSSR count). The summed E-state index contributed by atoms with van der Waals surface area (Å²) in [5.74, 6) is -0.127. The number of aromatic nitrogens is 2. The van der Waals surface area contributed by atoms with Gasteiger partial charge >= 0.3 is 0 Å². The highest BCUT2D eigenvalue weighted by atomic mass is 16.5. The number of hydrogen-bond donors (Lipinski definition) is 0. The molecular formula is C21H17N3O3.